The lowest BCUT2D eigenvalue weighted by molar-refractivity contribution is -0.140. The summed E-state index contributed by atoms with van der Waals surface area (Å²) in [6.07, 6.45) is 10.9. The maximum atomic E-state index is 11.0. The Balaban J connectivity index is 2.17. The maximum absolute atomic E-state index is 11.0. The number of ether oxygens (including phenoxy) is 1. The summed E-state index contributed by atoms with van der Waals surface area (Å²) in [5, 5.41) is 9.02. The van der Waals surface area contributed by atoms with Gasteiger partial charge in [-0.25, -0.2) is 0 Å². The second kappa shape index (κ2) is 13.1. The molecule has 0 unspecified atom stereocenters. The van der Waals surface area contributed by atoms with Gasteiger partial charge in [-0.3, -0.25) is 4.79 Å². The third kappa shape index (κ3) is 10.9. The fraction of sp³-hybridized carbons (Fsp3) is 0.650. The molecule has 1 aromatic rings. The van der Waals surface area contributed by atoms with Crippen LogP contribution in [0, 0.1) is 0 Å². The molecule has 0 spiro atoms. The average Bonchev–Trinajstić information content (AvgIpc) is 2.55. The van der Waals surface area contributed by atoms with E-state index in [2.05, 4.69) is 6.92 Å². The summed E-state index contributed by atoms with van der Waals surface area (Å²) >= 11 is 0. The van der Waals surface area contributed by atoms with Crippen molar-refractivity contribution in [2.24, 2.45) is 0 Å². The fourth-order valence-electron chi connectivity index (χ4n) is 2.73. The molecule has 3 heteroatoms. The smallest absolute Gasteiger partial charge is 0.305 e. The van der Waals surface area contributed by atoms with E-state index in [4.69, 9.17) is 9.84 Å². The Bertz CT molecular complexity index is 403. The molecule has 3 nitrogen and oxygen atoms in total. The summed E-state index contributed by atoms with van der Waals surface area (Å²) in [6.45, 7) is 2.73. The van der Waals surface area contributed by atoms with Crippen LogP contribution < -0.4 is 0 Å². The first-order valence-electron chi connectivity index (χ1n) is 9.09. The first-order valence-corrected chi connectivity index (χ1v) is 9.09. The largest absolute Gasteiger partial charge is 0.481 e. The van der Waals surface area contributed by atoms with Crippen LogP contribution in [0.4, 0.5) is 0 Å². The predicted octanol–water partition coefficient (Wildman–Crippen LogP) is 5.58. The van der Waals surface area contributed by atoms with Crippen LogP contribution in [0.15, 0.2) is 30.3 Å². The summed E-state index contributed by atoms with van der Waals surface area (Å²) < 4.78 is 5.82. The fourth-order valence-corrected chi connectivity index (χ4v) is 2.73. The number of carboxylic acids is 1. The highest BCUT2D eigenvalue weighted by molar-refractivity contribution is 5.67. The minimum atomic E-state index is -0.775. The van der Waals surface area contributed by atoms with Gasteiger partial charge in [0.25, 0.3) is 0 Å². The first kappa shape index (κ1) is 19.7. The van der Waals surface area contributed by atoms with Gasteiger partial charge in [0, 0.05) is 0 Å². The zero-order chi connectivity index (χ0) is 16.8. The molecule has 23 heavy (non-hydrogen) atoms. The van der Waals surface area contributed by atoms with Crippen molar-refractivity contribution < 1.29 is 14.6 Å². The minimum Gasteiger partial charge on any atom is -0.481 e. The van der Waals surface area contributed by atoms with Gasteiger partial charge in [-0.1, -0.05) is 88.6 Å². The molecule has 0 aliphatic rings. The number of hydrogen-bond acceptors (Lipinski definition) is 2. The second-order valence-electron chi connectivity index (χ2n) is 6.28. The van der Waals surface area contributed by atoms with E-state index in [9.17, 15) is 4.79 Å². The van der Waals surface area contributed by atoms with Crippen molar-refractivity contribution in [3.05, 3.63) is 35.9 Å². The molecule has 0 aliphatic carbocycles. The Morgan fingerprint density at radius 3 is 2.22 bits per heavy atom. The van der Waals surface area contributed by atoms with Gasteiger partial charge in [-0.2, -0.15) is 0 Å². The van der Waals surface area contributed by atoms with Crippen molar-refractivity contribution in [3.63, 3.8) is 0 Å². The predicted molar refractivity (Wildman–Crippen MR) is 94.5 cm³/mol. The summed E-state index contributed by atoms with van der Waals surface area (Å²) in [7, 11) is 0. The molecule has 0 saturated carbocycles. The van der Waals surface area contributed by atoms with E-state index in [-0.39, 0.29) is 12.5 Å². The third-order valence-corrected chi connectivity index (χ3v) is 4.11. The molecular weight excluding hydrogens is 288 g/mol. The van der Waals surface area contributed by atoms with E-state index >= 15 is 0 Å². The molecule has 1 aromatic carbocycles. The molecule has 0 bridgehead atoms. The quantitative estimate of drug-likeness (QED) is 0.455. The number of unbranched alkanes of at least 4 members (excludes halogenated alkanes) is 7. The van der Waals surface area contributed by atoms with Gasteiger partial charge < -0.3 is 9.84 Å². The van der Waals surface area contributed by atoms with Crippen molar-refractivity contribution in [1.82, 2.24) is 0 Å². The van der Waals surface area contributed by atoms with Crippen LogP contribution in [0.25, 0.3) is 0 Å². The Kier molecular flexibility index (Phi) is 11.2. The van der Waals surface area contributed by atoms with Crippen LogP contribution in [0.1, 0.15) is 76.7 Å². The zero-order valence-corrected chi connectivity index (χ0v) is 14.5. The number of hydrogen-bond donors (Lipinski definition) is 1. The molecule has 0 fully saturated rings. The number of benzene rings is 1. The Hall–Kier alpha value is -1.35. The SMILES string of the molecule is CCCCCCCCCC[C@H](CC(=O)O)OCc1ccccc1. The highest BCUT2D eigenvalue weighted by atomic mass is 16.5. The van der Waals surface area contributed by atoms with Crippen molar-refractivity contribution in [3.8, 4) is 0 Å². The highest BCUT2D eigenvalue weighted by Crippen LogP contribution is 2.15. The van der Waals surface area contributed by atoms with Gasteiger partial charge in [0.15, 0.2) is 0 Å². The van der Waals surface area contributed by atoms with Crippen LogP contribution in [0.3, 0.4) is 0 Å². The topological polar surface area (TPSA) is 46.5 Å². The van der Waals surface area contributed by atoms with E-state index in [1.165, 1.54) is 44.9 Å². The Labute approximate surface area is 141 Å². The molecule has 0 aromatic heterocycles. The van der Waals surface area contributed by atoms with Gasteiger partial charge in [0.05, 0.1) is 19.1 Å². The molecule has 0 amide bonds. The van der Waals surface area contributed by atoms with E-state index in [0.717, 1.165) is 18.4 Å². The molecule has 1 N–H and O–H groups in total. The van der Waals surface area contributed by atoms with Gasteiger partial charge in [-0.15, -0.1) is 0 Å². The molecular formula is C20H32O3. The normalized spacial score (nSPS) is 12.2. The van der Waals surface area contributed by atoms with Crippen LogP contribution in [0.5, 0.6) is 0 Å². The highest BCUT2D eigenvalue weighted by Gasteiger charge is 2.13. The van der Waals surface area contributed by atoms with Gasteiger partial charge in [0.2, 0.25) is 0 Å². The lowest BCUT2D eigenvalue weighted by Gasteiger charge is -2.16. The molecule has 0 saturated heterocycles. The lowest BCUT2D eigenvalue weighted by Crippen LogP contribution is -2.17. The first-order chi connectivity index (χ1) is 11.2. The summed E-state index contributed by atoms with van der Waals surface area (Å²) in [5.41, 5.74) is 1.10. The second-order valence-corrected chi connectivity index (χ2v) is 6.28. The molecule has 1 atom stereocenters. The molecule has 130 valence electrons. The molecule has 0 heterocycles. The maximum Gasteiger partial charge on any atom is 0.305 e. The van der Waals surface area contributed by atoms with Crippen molar-refractivity contribution in [1.29, 1.82) is 0 Å². The van der Waals surface area contributed by atoms with E-state index in [1.807, 2.05) is 30.3 Å². The number of carboxylic acid groups (broad SMARTS) is 1. The van der Waals surface area contributed by atoms with Crippen molar-refractivity contribution in [2.75, 3.05) is 0 Å². The van der Waals surface area contributed by atoms with E-state index < -0.39 is 5.97 Å². The van der Waals surface area contributed by atoms with Crippen LogP contribution in [0.2, 0.25) is 0 Å². The minimum absolute atomic E-state index is 0.101. The summed E-state index contributed by atoms with van der Waals surface area (Å²) in [6, 6.07) is 9.94. The van der Waals surface area contributed by atoms with E-state index in [1.54, 1.807) is 0 Å². The van der Waals surface area contributed by atoms with Gasteiger partial charge >= 0.3 is 5.97 Å². The van der Waals surface area contributed by atoms with Crippen LogP contribution in [-0.2, 0) is 16.1 Å². The monoisotopic (exact) mass is 320 g/mol. The zero-order valence-electron chi connectivity index (χ0n) is 14.5. The Morgan fingerprint density at radius 2 is 1.61 bits per heavy atom. The molecule has 0 radical (unpaired) electrons. The molecule has 1 rings (SSSR count). The van der Waals surface area contributed by atoms with Gasteiger partial charge in [-0.05, 0) is 12.0 Å². The summed E-state index contributed by atoms with van der Waals surface area (Å²) in [5.74, 6) is -0.775. The number of aliphatic carboxylic acids is 1. The standard InChI is InChI=1S/C20H32O3/c1-2-3-4-5-6-7-8-12-15-19(16-20(21)22)23-17-18-13-10-9-11-14-18/h9-11,13-14,19H,2-8,12,15-17H2,1H3,(H,21,22)/t19-/m1/s1. The van der Waals surface area contributed by atoms with Crippen LogP contribution in [-0.4, -0.2) is 17.2 Å². The van der Waals surface area contributed by atoms with Crippen LogP contribution >= 0.6 is 0 Å². The van der Waals surface area contributed by atoms with Gasteiger partial charge in [0.1, 0.15) is 0 Å². The third-order valence-electron chi connectivity index (χ3n) is 4.11. The average molecular weight is 320 g/mol. The Morgan fingerprint density at radius 1 is 1.00 bits per heavy atom. The van der Waals surface area contributed by atoms with Crippen molar-refractivity contribution in [2.45, 2.75) is 83.8 Å². The van der Waals surface area contributed by atoms with E-state index in [0.29, 0.717) is 6.61 Å². The lowest BCUT2D eigenvalue weighted by atomic mass is 10.0. The summed E-state index contributed by atoms with van der Waals surface area (Å²) in [4.78, 5) is 11.0. The van der Waals surface area contributed by atoms with Crippen molar-refractivity contribution >= 4 is 5.97 Å². The number of rotatable bonds is 14. The molecule has 0 aliphatic heterocycles. The number of carbonyl (C=O) groups is 1.